The Balaban J connectivity index is 1.93. The van der Waals surface area contributed by atoms with Gasteiger partial charge in [-0.15, -0.1) is 0 Å². The van der Waals surface area contributed by atoms with Crippen LogP contribution in [0.25, 0.3) is 0 Å². The van der Waals surface area contributed by atoms with E-state index in [1.807, 2.05) is 12.1 Å². The minimum absolute atomic E-state index is 0.192. The molecule has 0 radical (unpaired) electrons. The number of hydrogen-bond acceptors (Lipinski definition) is 4. The van der Waals surface area contributed by atoms with Crippen molar-refractivity contribution < 1.29 is 5.21 Å². The average Bonchev–Trinajstić information content (AvgIpc) is 2.93. The van der Waals surface area contributed by atoms with Crippen LogP contribution in [0.5, 0.6) is 0 Å². The Bertz CT molecular complexity index is 529. The van der Waals surface area contributed by atoms with E-state index in [-0.39, 0.29) is 5.84 Å². The van der Waals surface area contributed by atoms with E-state index >= 15 is 0 Å². The summed E-state index contributed by atoms with van der Waals surface area (Å²) in [6.45, 7) is 6.47. The van der Waals surface area contributed by atoms with Gasteiger partial charge >= 0.3 is 0 Å². The van der Waals surface area contributed by atoms with Crippen LogP contribution < -0.4 is 10.6 Å². The lowest BCUT2D eigenvalue weighted by molar-refractivity contribution is 0.231. The maximum absolute atomic E-state index is 8.99. The molecule has 2 fully saturated rings. The number of nitrogens with two attached hydrogens (primary N) is 1. The third kappa shape index (κ3) is 2.22. The molecule has 2 heterocycles. The fraction of sp³-hybridized carbons (Fsp3) is 0.533. The van der Waals surface area contributed by atoms with Gasteiger partial charge in [-0.2, -0.15) is 0 Å². The van der Waals surface area contributed by atoms with E-state index in [0.29, 0.717) is 6.04 Å². The highest BCUT2D eigenvalue weighted by molar-refractivity contribution is 6.02. The van der Waals surface area contributed by atoms with Gasteiger partial charge in [-0.25, -0.2) is 0 Å². The molecule has 5 nitrogen and oxygen atoms in total. The van der Waals surface area contributed by atoms with Gasteiger partial charge in [-0.1, -0.05) is 17.3 Å². The van der Waals surface area contributed by atoms with Gasteiger partial charge < -0.3 is 15.8 Å². The Labute approximate surface area is 119 Å². The smallest absolute Gasteiger partial charge is 0.172 e. The molecule has 0 bridgehead atoms. The predicted molar refractivity (Wildman–Crippen MR) is 80.5 cm³/mol. The molecule has 1 aromatic rings. The standard InChI is InChI=1S/C15H22N4O/c1-11-4-2-6-13(15(16)17-20)14(11)19-9-8-18-7-3-5-12(18)10-19/h2,4,6,12,20H,3,5,7-10H2,1H3,(H2,16,17). The first-order chi connectivity index (χ1) is 9.70. The fourth-order valence-electron chi connectivity index (χ4n) is 3.53. The lowest BCUT2D eigenvalue weighted by Gasteiger charge is -2.40. The number of amidine groups is 1. The molecule has 3 N–H and O–H groups in total. The first kappa shape index (κ1) is 13.2. The van der Waals surface area contributed by atoms with Crippen LogP contribution in [0.2, 0.25) is 0 Å². The molecular weight excluding hydrogens is 252 g/mol. The second-order valence-corrected chi connectivity index (χ2v) is 5.73. The molecule has 1 unspecified atom stereocenters. The highest BCUT2D eigenvalue weighted by atomic mass is 16.4. The lowest BCUT2D eigenvalue weighted by Crippen LogP contribution is -2.50. The van der Waals surface area contributed by atoms with Crippen molar-refractivity contribution in [1.29, 1.82) is 0 Å². The molecule has 2 saturated heterocycles. The van der Waals surface area contributed by atoms with E-state index < -0.39 is 0 Å². The summed E-state index contributed by atoms with van der Waals surface area (Å²) in [5, 5.41) is 12.2. The van der Waals surface area contributed by atoms with Gasteiger partial charge in [-0.3, -0.25) is 4.90 Å². The van der Waals surface area contributed by atoms with Crippen LogP contribution in [0.3, 0.4) is 0 Å². The van der Waals surface area contributed by atoms with E-state index in [1.54, 1.807) is 0 Å². The summed E-state index contributed by atoms with van der Waals surface area (Å²) in [7, 11) is 0. The Morgan fingerprint density at radius 1 is 1.35 bits per heavy atom. The highest BCUT2D eigenvalue weighted by Crippen LogP contribution is 2.30. The zero-order valence-electron chi connectivity index (χ0n) is 11.9. The van der Waals surface area contributed by atoms with Crippen molar-refractivity contribution in [2.75, 3.05) is 31.1 Å². The van der Waals surface area contributed by atoms with Gasteiger partial charge in [0.1, 0.15) is 0 Å². The van der Waals surface area contributed by atoms with E-state index in [9.17, 15) is 0 Å². The lowest BCUT2D eigenvalue weighted by atomic mass is 10.0. The maximum atomic E-state index is 8.99. The van der Waals surface area contributed by atoms with Crippen molar-refractivity contribution in [3.63, 3.8) is 0 Å². The molecule has 3 rings (SSSR count). The number of para-hydroxylation sites is 1. The van der Waals surface area contributed by atoms with Gasteiger partial charge in [0, 0.05) is 31.2 Å². The van der Waals surface area contributed by atoms with Crippen molar-refractivity contribution in [2.24, 2.45) is 10.9 Å². The molecule has 2 aliphatic heterocycles. The highest BCUT2D eigenvalue weighted by Gasteiger charge is 2.31. The number of oxime groups is 1. The van der Waals surface area contributed by atoms with Gasteiger partial charge in [0.15, 0.2) is 5.84 Å². The fourth-order valence-corrected chi connectivity index (χ4v) is 3.53. The van der Waals surface area contributed by atoms with E-state index in [0.717, 1.165) is 30.9 Å². The topological polar surface area (TPSA) is 65.1 Å². The molecule has 0 amide bonds. The van der Waals surface area contributed by atoms with Crippen molar-refractivity contribution in [3.8, 4) is 0 Å². The number of nitrogens with zero attached hydrogens (tertiary/aromatic N) is 3. The van der Waals surface area contributed by atoms with Crippen LogP contribution in [0.15, 0.2) is 23.4 Å². The molecule has 5 heteroatoms. The number of fused-ring (bicyclic) bond motifs is 1. The Kier molecular flexibility index (Phi) is 3.53. The summed E-state index contributed by atoms with van der Waals surface area (Å²) < 4.78 is 0. The summed E-state index contributed by atoms with van der Waals surface area (Å²) in [4.78, 5) is 4.98. The number of rotatable bonds is 2. The van der Waals surface area contributed by atoms with Gasteiger partial charge in [0.2, 0.25) is 0 Å². The molecule has 0 aliphatic carbocycles. The molecule has 108 valence electrons. The summed E-state index contributed by atoms with van der Waals surface area (Å²) in [6.07, 6.45) is 2.58. The van der Waals surface area contributed by atoms with Crippen molar-refractivity contribution >= 4 is 11.5 Å². The first-order valence-corrected chi connectivity index (χ1v) is 7.27. The Hall–Kier alpha value is -1.75. The number of piperazine rings is 1. The zero-order valence-corrected chi connectivity index (χ0v) is 11.9. The molecular formula is C15H22N4O. The van der Waals surface area contributed by atoms with Crippen LogP contribution in [-0.2, 0) is 0 Å². The van der Waals surface area contributed by atoms with Crippen molar-refractivity contribution in [1.82, 2.24) is 4.90 Å². The van der Waals surface area contributed by atoms with E-state index in [2.05, 4.69) is 27.9 Å². The predicted octanol–water partition coefficient (Wildman–Crippen LogP) is 1.37. The van der Waals surface area contributed by atoms with Crippen LogP contribution in [0.4, 0.5) is 5.69 Å². The van der Waals surface area contributed by atoms with E-state index in [4.69, 9.17) is 10.9 Å². The average molecular weight is 274 g/mol. The minimum Gasteiger partial charge on any atom is -0.409 e. The Morgan fingerprint density at radius 2 is 2.20 bits per heavy atom. The minimum atomic E-state index is 0.192. The SMILES string of the molecule is Cc1cccc(/C(N)=N/O)c1N1CCN2CCCC2C1. The number of benzene rings is 1. The summed E-state index contributed by atoms with van der Waals surface area (Å²) >= 11 is 0. The number of aryl methyl sites for hydroxylation is 1. The molecule has 0 saturated carbocycles. The summed E-state index contributed by atoms with van der Waals surface area (Å²) in [5.74, 6) is 0.192. The van der Waals surface area contributed by atoms with Gasteiger partial charge in [-0.05, 0) is 37.9 Å². The first-order valence-electron chi connectivity index (χ1n) is 7.27. The molecule has 1 aromatic carbocycles. The third-order valence-electron chi connectivity index (χ3n) is 4.53. The van der Waals surface area contributed by atoms with Crippen molar-refractivity contribution in [2.45, 2.75) is 25.8 Å². The van der Waals surface area contributed by atoms with Crippen LogP contribution >= 0.6 is 0 Å². The third-order valence-corrected chi connectivity index (χ3v) is 4.53. The molecule has 2 aliphatic rings. The number of hydrogen-bond donors (Lipinski definition) is 2. The maximum Gasteiger partial charge on any atom is 0.172 e. The molecule has 0 spiro atoms. The second-order valence-electron chi connectivity index (χ2n) is 5.73. The normalized spacial score (nSPS) is 23.9. The molecule has 1 atom stereocenters. The molecule has 20 heavy (non-hydrogen) atoms. The van der Waals surface area contributed by atoms with Crippen LogP contribution in [-0.4, -0.2) is 48.2 Å². The quantitative estimate of drug-likeness (QED) is 0.370. The molecule has 0 aromatic heterocycles. The summed E-state index contributed by atoms with van der Waals surface area (Å²) in [5.41, 5.74) is 8.97. The summed E-state index contributed by atoms with van der Waals surface area (Å²) in [6, 6.07) is 6.63. The largest absolute Gasteiger partial charge is 0.409 e. The monoisotopic (exact) mass is 274 g/mol. The van der Waals surface area contributed by atoms with Gasteiger partial charge in [0.05, 0.1) is 5.69 Å². The number of anilines is 1. The van der Waals surface area contributed by atoms with Crippen LogP contribution in [0.1, 0.15) is 24.0 Å². The Morgan fingerprint density at radius 3 is 3.00 bits per heavy atom. The van der Waals surface area contributed by atoms with Gasteiger partial charge in [0.25, 0.3) is 0 Å². The van der Waals surface area contributed by atoms with Crippen molar-refractivity contribution in [3.05, 3.63) is 29.3 Å². The van der Waals surface area contributed by atoms with Crippen LogP contribution in [0, 0.1) is 6.92 Å². The zero-order chi connectivity index (χ0) is 14.1. The van der Waals surface area contributed by atoms with E-state index in [1.165, 1.54) is 24.9 Å². The second kappa shape index (κ2) is 5.32.